The highest BCUT2D eigenvalue weighted by molar-refractivity contribution is 7.90. The van der Waals surface area contributed by atoms with Gasteiger partial charge in [0.25, 0.3) is 5.91 Å². The largest absolute Gasteiger partial charge is 0.330 e. The van der Waals surface area contributed by atoms with Crippen molar-refractivity contribution in [3.63, 3.8) is 0 Å². The molecule has 102 valence electrons. The van der Waals surface area contributed by atoms with E-state index in [1.165, 1.54) is 12.3 Å². The fourth-order valence-corrected chi connectivity index (χ4v) is 2.10. The molecule has 0 aromatic carbocycles. The van der Waals surface area contributed by atoms with E-state index in [1.54, 1.807) is 13.8 Å². The number of carbonyl (C=O) groups is 2. The van der Waals surface area contributed by atoms with Gasteiger partial charge in [-0.05, 0) is 13.8 Å². The fraction of sp³-hybridized carbons (Fsp3) is 0.400. The molecule has 0 spiro atoms. The molecule has 1 N–H and O–H groups in total. The highest BCUT2D eigenvalue weighted by Crippen LogP contribution is 2.22. The van der Waals surface area contributed by atoms with Crippen molar-refractivity contribution in [3.05, 3.63) is 12.3 Å². The van der Waals surface area contributed by atoms with E-state index in [1.807, 2.05) is 0 Å². The molecule has 1 aromatic rings. The molecule has 0 unspecified atom stereocenters. The number of imide groups is 1. The molecule has 19 heavy (non-hydrogen) atoms. The third-order valence-corrected chi connectivity index (χ3v) is 3.40. The topological polar surface area (TPSA) is 109 Å². The minimum atomic E-state index is -3.61. The third-order valence-electron chi connectivity index (χ3n) is 2.54. The fourth-order valence-electron chi connectivity index (χ4n) is 1.59. The maximum atomic E-state index is 12.0. The van der Waals surface area contributed by atoms with Crippen LogP contribution in [-0.2, 0) is 14.6 Å². The number of hydrogen-bond donors (Lipinski definition) is 1. The molecular weight excluding hydrogens is 272 g/mol. The summed E-state index contributed by atoms with van der Waals surface area (Å²) in [6.07, 6.45) is 2.13. The van der Waals surface area contributed by atoms with Gasteiger partial charge in [0.1, 0.15) is 11.4 Å². The van der Waals surface area contributed by atoms with Crippen molar-refractivity contribution in [1.82, 2.24) is 15.3 Å². The van der Waals surface area contributed by atoms with E-state index >= 15 is 0 Å². The van der Waals surface area contributed by atoms with Crippen LogP contribution >= 0.6 is 0 Å². The Morgan fingerprint density at radius 1 is 1.32 bits per heavy atom. The van der Waals surface area contributed by atoms with E-state index < -0.39 is 32.5 Å². The number of nitrogens with zero attached hydrogens (tertiary/aromatic N) is 3. The monoisotopic (exact) mass is 284 g/mol. The first-order valence-electron chi connectivity index (χ1n) is 5.33. The first-order chi connectivity index (χ1) is 8.63. The van der Waals surface area contributed by atoms with Crippen molar-refractivity contribution in [2.75, 3.05) is 11.2 Å². The molecule has 1 aliphatic rings. The highest BCUT2D eigenvalue weighted by Gasteiger charge is 2.45. The van der Waals surface area contributed by atoms with Crippen molar-refractivity contribution in [2.45, 2.75) is 24.5 Å². The van der Waals surface area contributed by atoms with Gasteiger partial charge in [-0.1, -0.05) is 0 Å². The van der Waals surface area contributed by atoms with Crippen LogP contribution < -0.4 is 10.2 Å². The Bertz CT molecular complexity index is 668. The summed E-state index contributed by atoms with van der Waals surface area (Å²) in [5.41, 5.74) is -1.05. The average molecular weight is 284 g/mol. The van der Waals surface area contributed by atoms with E-state index in [0.717, 1.165) is 11.2 Å². The highest BCUT2D eigenvalue weighted by atomic mass is 32.2. The number of hydrogen-bond acceptors (Lipinski definition) is 6. The SMILES string of the molecule is CC1(C)NC(=O)N(c2ccnc(S(C)(=O)=O)n2)C1=O. The smallest absolute Gasteiger partial charge is 0.323 e. The van der Waals surface area contributed by atoms with E-state index in [0.29, 0.717) is 0 Å². The standard InChI is InChI=1S/C10H12N4O4S/c1-10(2)7(15)14(9(16)13-10)6-4-5-11-8(12-6)19(3,17)18/h4-5H,1-3H3,(H,13,16). The van der Waals surface area contributed by atoms with Crippen molar-refractivity contribution in [1.29, 1.82) is 0 Å². The quantitative estimate of drug-likeness (QED) is 0.590. The number of carbonyl (C=O) groups excluding carboxylic acids is 2. The summed E-state index contributed by atoms with van der Waals surface area (Å²) < 4.78 is 22.7. The molecule has 1 saturated heterocycles. The zero-order chi connectivity index (χ0) is 14.4. The van der Waals surface area contributed by atoms with Gasteiger partial charge in [0.2, 0.25) is 15.0 Å². The van der Waals surface area contributed by atoms with Gasteiger partial charge in [0.15, 0.2) is 0 Å². The van der Waals surface area contributed by atoms with Gasteiger partial charge in [-0.2, -0.15) is 4.98 Å². The minimum Gasteiger partial charge on any atom is -0.323 e. The lowest BCUT2D eigenvalue weighted by atomic mass is 10.1. The van der Waals surface area contributed by atoms with Crippen molar-refractivity contribution >= 4 is 27.6 Å². The Kier molecular flexibility index (Phi) is 2.81. The molecule has 2 heterocycles. The Balaban J connectivity index is 2.49. The second-order valence-corrected chi connectivity index (χ2v) is 6.57. The minimum absolute atomic E-state index is 0.0662. The number of sulfone groups is 1. The lowest BCUT2D eigenvalue weighted by Gasteiger charge is -2.15. The molecule has 8 nitrogen and oxygen atoms in total. The Labute approximate surface area is 109 Å². The van der Waals surface area contributed by atoms with Crippen molar-refractivity contribution < 1.29 is 18.0 Å². The first-order valence-corrected chi connectivity index (χ1v) is 7.22. The van der Waals surface area contributed by atoms with E-state index in [9.17, 15) is 18.0 Å². The van der Waals surface area contributed by atoms with Crippen LogP contribution in [0.4, 0.5) is 10.6 Å². The van der Waals surface area contributed by atoms with E-state index in [2.05, 4.69) is 15.3 Å². The summed E-state index contributed by atoms with van der Waals surface area (Å²) >= 11 is 0. The molecule has 1 aliphatic heterocycles. The summed E-state index contributed by atoms with van der Waals surface area (Å²) in [7, 11) is -3.61. The second-order valence-electron chi connectivity index (χ2n) is 4.67. The summed E-state index contributed by atoms with van der Waals surface area (Å²) in [6, 6.07) is 0.654. The number of aromatic nitrogens is 2. The zero-order valence-corrected chi connectivity index (χ0v) is 11.4. The maximum absolute atomic E-state index is 12.0. The summed E-state index contributed by atoms with van der Waals surface area (Å²) in [5.74, 6) is -0.570. The molecule has 0 saturated carbocycles. The third kappa shape index (κ3) is 2.28. The molecule has 0 atom stereocenters. The molecule has 0 bridgehead atoms. The normalized spacial score (nSPS) is 18.6. The van der Waals surface area contributed by atoms with Crippen LogP contribution in [0.1, 0.15) is 13.8 Å². The van der Waals surface area contributed by atoms with Gasteiger partial charge in [-0.25, -0.2) is 23.1 Å². The average Bonchev–Trinajstić information content (AvgIpc) is 2.47. The van der Waals surface area contributed by atoms with Gasteiger partial charge >= 0.3 is 6.03 Å². The Morgan fingerprint density at radius 2 is 1.95 bits per heavy atom. The summed E-state index contributed by atoms with van der Waals surface area (Å²) in [5, 5.41) is 2.04. The van der Waals surface area contributed by atoms with Crippen LogP contribution in [0.25, 0.3) is 0 Å². The van der Waals surface area contributed by atoms with Crippen LogP contribution in [0.15, 0.2) is 17.4 Å². The lowest BCUT2D eigenvalue weighted by molar-refractivity contribution is -0.121. The summed E-state index contributed by atoms with van der Waals surface area (Å²) in [6.45, 7) is 3.10. The van der Waals surface area contributed by atoms with Gasteiger partial charge in [0, 0.05) is 18.5 Å². The molecule has 9 heteroatoms. The number of urea groups is 1. The molecule has 1 aromatic heterocycles. The van der Waals surface area contributed by atoms with Gasteiger partial charge in [0.05, 0.1) is 0 Å². The van der Waals surface area contributed by atoms with Crippen molar-refractivity contribution in [3.8, 4) is 0 Å². The van der Waals surface area contributed by atoms with Crippen molar-refractivity contribution in [2.24, 2.45) is 0 Å². The van der Waals surface area contributed by atoms with Gasteiger partial charge in [-0.15, -0.1) is 0 Å². The molecular formula is C10H12N4O4S. The maximum Gasteiger partial charge on any atom is 0.330 e. The second kappa shape index (κ2) is 3.98. The molecule has 1 fully saturated rings. The van der Waals surface area contributed by atoms with Gasteiger partial charge in [-0.3, -0.25) is 4.79 Å². The van der Waals surface area contributed by atoms with Crippen LogP contribution in [0.5, 0.6) is 0 Å². The van der Waals surface area contributed by atoms with Gasteiger partial charge < -0.3 is 5.32 Å². The summed E-state index contributed by atoms with van der Waals surface area (Å²) in [4.78, 5) is 31.9. The van der Waals surface area contributed by atoms with Crippen LogP contribution in [0.3, 0.4) is 0 Å². The van der Waals surface area contributed by atoms with Crippen LogP contribution in [0.2, 0.25) is 0 Å². The zero-order valence-electron chi connectivity index (χ0n) is 10.5. The molecule has 0 aliphatic carbocycles. The number of anilines is 1. The van der Waals surface area contributed by atoms with E-state index in [4.69, 9.17) is 0 Å². The van der Waals surface area contributed by atoms with E-state index in [-0.39, 0.29) is 5.82 Å². The Morgan fingerprint density at radius 3 is 2.42 bits per heavy atom. The predicted octanol–water partition coefficient (Wildman–Crippen LogP) is -0.285. The lowest BCUT2D eigenvalue weighted by Crippen LogP contribution is -2.40. The van der Waals surface area contributed by atoms with Crippen LogP contribution in [0, 0.1) is 0 Å². The Hall–Kier alpha value is -2.03. The number of nitrogens with one attached hydrogen (secondary N) is 1. The first kappa shape index (κ1) is 13.4. The van der Waals surface area contributed by atoms with Crippen LogP contribution in [-0.4, -0.2) is 42.1 Å². The number of amides is 3. The predicted molar refractivity (Wildman–Crippen MR) is 65.2 cm³/mol. The molecule has 3 amide bonds. The molecule has 0 radical (unpaired) electrons. The molecule has 2 rings (SSSR count). The number of rotatable bonds is 2.